The van der Waals surface area contributed by atoms with Crippen LogP contribution < -0.4 is 4.90 Å². The summed E-state index contributed by atoms with van der Waals surface area (Å²) < 4.78 is 39.9. The summed E-state index contributed by atoms with van der Waals surface area (Å²) in [6.07, 6.45) is 0.122. The van der Waals surface area contributed by atoms with E-state index in [-0.39, 0.29) is 49.3 Å². The minimum Gasteiger partial charge on any atom is -0.340 e. The molecule has 2 heterocycles. The lowest BCUT2D eigenvalue weighted by Gasteiger charge is -2.24. The number of anilines is 1. The molecular weight excluding hydrogens is 457 g/mol. The minimum absolute atomic E-state index is 0.0362. The molecule has 4 rings (SSSR count). The molecule has 2 aromatic rings. The topological polar surface area (TPSA) is 78.0 Å². The standard InChI is InChI=1S/C25H30FN3O4S/c1-18(2)19-7-9-20(10-8-19)29-14-13-28(25(29)31)17-24(30)27-12-11-23(34(32,33)16-15-27)21-5-3-4-6-22(21)26/h3-10,18,23H,11-17H2,1-2H3. The number of nitrogens with zero attached hydrogens (tertiary/aromatic N) is 3. The molecule has 0 saturated carbocycles. The Morgan fingerprint density at radius 3 is 2.41 bits per heavy atom. The fourth-order valence-electron chi connectivity index (χ4n) is 4.55. The first-order valence-electron chi connectivity index (χ1n) is 11.6. The highest BCUT2D eigenvalue weighted by Crippen LogP contribution is 2.31. The first-order valence-corrected chi connectivity index (χ1v) is 13.3. The number of rotatable bonds is 5. The van der Waals surface area contributed by atoms with Gasteiger partial charge in [0.2, 0.25) is 5.91 Å². The third-order valence-corrected chi connectivity index (χ3v) is 8.75. The van der Waals surface area contributed by atoms with Gasteiger partial charge in [-0.25, -0.2) is 17.6 Å². The van der Waals surface area contributed by atoms with Crippen molar-refractivity contribution in [3.63, 3.8) is 0 Å². The van der Waals surface area contributed by atoms with Crippen molar-refractivity contribution in [2.75, 3.05) is 43.4 Å². The van der Waals surface area contributed by atoms with Crippen molar-refractivity contribution in [3.05, 3.63) is 65.5 Å². The fourth-order valence-corrected chi connectivity index (χ4v) is 6.35. The summed E-state index contributed by atoms with van der Waals surface area (Å²) >= 11 is 0. The zero-order valence-corrected chi connectivity index (χ0v) is 20.3. The number of carbonyl (C=O) groups is 2. The maximum absolute atomic E-state index is 14.3. The van der Waals surface area contributed by atoms with E-state index in [2.05, 4.69) is 13.8 Å². The summed E-state index contributed by atoms with van der Waals surface area (Å²) in [6, 6.07) is 13.5. The van der Waals surface area contributed by atoms with Crippen molar-refractivity contribution in [1.29, 1.82) is 0 Å². The molecule has 0 aromatic heterocycles. The van der Waals surface area contributed by atoms with Crippen LogP contribution in [0.3, 0.4) is 0 Å². The van der Waals surface area contributed by atoms with Crippen LogP contribution in [-0.4, -0.2) is 68.6 Å². The van der Waals surface area contributed by atoms with Gasteiger partial charge in [0.1, 0.15) is 12.4 Å². The quantitative estimate of drug-likeness (QED) is 0.646. The normalized spacial score (nSPS) is 20.6. The molecule has 0 bridgehead atoms. The van der Waals surface area contributed by atoms with Crippen LogP contribution >= 0.6 is 0 Å². The largest absolute Gasteiger partial charge is 0.340 e. The van der Waals surface area contributed by atoms with Gasteiger partial charge < -0.3 is 9.80 Å². The predicted octanol–water partition coefficient (Wildman–Crippen LogP) is 3.58. The number of hydrogen-bond acceptors (Lipinski definition) is 4. The van der Waals surface area contributed by atoms with Crippen molar-refractivity contribution in [2.45, 2.75) is 31.4 Å². The van der Waals surface area contributed by atoms with Crippen LogP contribution in [-0.2, 0) is 14.6 Å². The molecule has 2 fully saturated rings. The molecule has 9 heteroatoms. The molecule has 182 valence electrons. The second-order valence-corrected chi connectivity index (χ2v) is 11.5. The van der Waals surface area contributed by atoms with Crippen molar-refractivity contribution >= 4 is 27.5 Å². The highest BCUT2D eigenvalue weighted by atomic mass is 32.2. The van der Waals surface area contributed by atoms with E-state index in [1.165, 1.54) is 33.6 Å². The van der Waals surface area contributed by atoms with Gasteiger partial charge in [0, 0.05) is 37.4 Å². The third kappa shape index (κ3) is 4.94. The SMILES string of the molecule is CC(C)c1ccc(N2CCN(CC(=O)N3CCC(c4ccccc4F)S(=O)(=O)CC3)C2=O)cc1. The second kappa shape index (κ2) is 9.74. The number of hydrogen-bond donors (Lipinski definition) is 0. The van der Waals surface area contributed by atoms with Crippen LogP contribution in [0.1, 0.15) is 42.6 Å². The fraction of sp³-hybridized carbons (Fsp3) is 0.440. The van der Waals surface area contributed by atoms with Crippen molar-refractivity contribution in [1.82, 2.24) is 9.80 Å². The predicted molar refractivity (Wildman–Crippen MR) is 129 cm³/mol. The van der Waals surface area contributed by atoms with E-state index < -0.39 is 20.9 Å². The Kier molecular flexibility index (Phi) is 6.93. The first-order chi connectivity index (χ1) is 16.2. The van der Waals surface area contributed by atoms with Gasteiger partial charge >= 0.3 is 6.03 Å². The van der Waals surface area contributed by atoms with Crippen molar-refractivity contribution < 1.29 is 22.4 Å². The van der Waals surface area contributed by atoms with Crippen molar-refractivity contribution in [3.8, 4) is 0 Å². The van der Waals surface area contributed by atoms with E-state index in [1.807, 2.05) is 24.3 Å². The number of amides is 3. The number of urea groups is 1. The highest BCUT2D eigenvalue weighted by molar-refractivity contribution is 7.91. The Morgan fingerprint density at radius 2 is 1.74 bits per heavy atom. The highest BCUT2D eigenvalue weighted by Gasteiger charge is 2.36. The Labute approximate surface area is 200 Å². The van der Waals surface area contributed by atoms with Crippen LogP contribution in [0, 0.1) is 5.82 Å². The summed E-state index contributed by atoms with van der Waals surface area (Å²) in [5.41, 5.74) is 2.12. The molecule has 0 spiro atoms. The van der Waals surface area contributed by atoms with Gasteiger partial charge in [0.15, 0.2) is 9.84 Å². The maximum atomic E-state index is 14.3. The van der Waals surface area contributed by atoms with Gasteiger partial charge in [-0.15, -0.1) is 0 Å². The van der Waals surface area contributed by atoms with Gasteiger partial charge in [-0.3, -0.25) is 9.69 Å². The average Bonchev–Trinajstić information content (AvgIpc) is 3.07. The van der Waals surface area contributed by atoms with Crippen LogP contribution in [0.5, 0.6) is 0 Å². The summed E-state index contributed by atoms with van der Waals surface area (Å²) in [5, 5.41) is -0.982. The van der Waals surface area contributed by atoms with E-state index in [4.69, 9.17) is 0 Å². The number of carbonyl (C=O) groups excluding carboxylic acids is 2. The van der Waals surface area contributed by atoms with E-state index in [9.17, 15) is 22.4 Å². The third-order valence-electron chi connectivity index (χ3n) is 6.64. The van der Waals surface area contributed by atoms with Crippen molar-refractivity contribution in [2.24, 2.45) is 0 Å². The van der Waals surface area contributed by atoms with Gasteiger partial charge in [-0.2, -0.15) is 0 Å². The molecule has 2 saturated heterocycles. The molecule has 2 aliphatic heterocycles. The van der Waals surface area contributed by atoms with Gasteiger partial charge in [0.05, 0.1) is 11.0 Å². The molecule has 0 radical (unpaired) electrons. The minimum atomic E-state index is -3.62. The maximum Gasteiger partial charge on any atom is 0.325 e. The lowest BCUT2D eigenvalue weighted by molar-refractivity contribution is -0.131. The monoisotopic (exact) mass is 487 g/mol. The van der Waals surface area contributed by atoms with Gasteiger partial charge in [0.25, 0.3) is 0 Å². The van der Waals surface area contributed by atoms with Crippen LogP contribution in [0.25, 0.3) is 0 Å². The van der Waals surface area contributed by atoms with Gasteiger partial charge in [-0.1, -0.05) is 44.2 Å². The molecule has 0 aliphatic carbocycles. The Morgan fingerprint density at radius 1 is 1.03 bits per heavy atom. The second-order valence-electron chi connectivity index (χ2n) is 9.15. The zero-order chi connectivity index (χ0) is 24.5. The van der Waals surface area contributed by atoms with E-state index in [0.717, 1.165) is 5.69 Å². The molecule has 3 amide bonds. The van der Waals surface area contributed by atoms with Crippen LogP contribution in [0.4, 0.5) is 14.9 Å². The number of halogens is 1. The Balaban J connectivity index is 1.40. The molecular formula is C25H30FN3O4S. The average molecular weight is 488 g/mol. The molecule has 1 atom stereocenters. The first kappa shape index (κ1) is 24.2. The lowest BCUT2D eigenvalue weighted by atomic mass is 10.0. The number of sulfone groups is 1. The summed E-state index contributed by atoms with van der Waals surface area (Å²) in [6.45, 7) is 5.24. The Hall–Kier alpha value is -2.94. The summed E-state index contributed by atoms with van der Waals surface area (Å²) in [5.74, 6) is -0.692. The van der Waals surface area contributed by atoms with E-state index in [1.54, 1.807) is 11.0 Å². The molecule has 7 nitrogen and oxygen atoms in total. The van der Waals surface area contributed by atoms with E-state index >= 15 is 0 Å². The smallest absolute Gasteiger partial charge is 0.325 e. The summed E-state index contributed by atoms with van der Waals surface area (Å²) in [7, 11) is -3.62. The van der Waals surface area contributed by atoms with Crippen LogP contribution in [0.15, 0.2) is 48.5 Å². The molecule has 1 unspecified atom stereocenters. The van der Waals surface area contributed by atoms with E-state index in [0.29, 0.717) is 19.0 Å². The lowest BCUT2D eigenvalue weighted by Crippen LogP contribution is -2.43. The molecule has 34 heavy (non-hydrogen) atoms. The Bertz CT molecular complexity index is 1170. The molecule has 2 aromatic carbocycles. The number of benzene rings is 2. The van der Waals surface area contributed by atoms with Gasteiger partial charge in [-0.05, 0) is 36.1 Å². The zero-order valence-electron chi connectivity index (χ0n) is 19.5. The molecule has 0 N–H and O–H groups in total. The van der Waals surface area contributed by atoms with Crippen LogP contribution in [0.2, 0.25) is 0 Å². The summed E-state index contributed by atoms with van der Waals surface area (Å²) in [4.78, 5) is 30.5. The molecule has 2 aliphatic rings.